The molecule has 1 aliphatic rings. The maximum absolute atomic E-state index is 12.9. The van der Waals surface area contributed by atoms with Crippen LogP contribution in [0.1, 0.15) is 35.8 Å². The van der Waals surface area contributed by atoms with Gasteiger partial charge in [-0.2, -0.15) is 5.10 Å². The number of hydrogen-bond acceptors (Lipinski definition) is 3. The minimum absolute atomic E-state index is 0.000475. The molecule has 2 aromatic rings. The first-order chi connectivity index (χ1) is 12.5. The van der Waals surface area contributed by atoms with Crippen LogP contribution in [0.5, 0.6) is 0 Å². The van der Waals surface area contributed by atoms with E-state index >= 15 is 0 Å². The quantitative estimate of drug-likeness (QED) is 0.829. The summed E-state index contributed by atoms with van der Waals surface area (Å²) in [4.78, 5) is 25.8. The molecule has 1 fully saturated rings. The Bertz CT molecular complexity index is 792. The second-order valence-corrected chi connectivity index (χ2v) is 7.62. The monoisotopic (exact) mass is 418 g/mol. The summed E-state index contributed by atoms with van der Waals surface area (Å²) in [5.41, 5.74) is 2.42. The number of hydrogen-bond donors (Lipinski definition) is 1. The molecular formula is C19H23BrN4O2. The second kappa shape index (κ2) is 8.03. The SMILES string of the molecule is CC(=O)NCC1CCN(C(=O)c2cnn(-c3ccc(Br)cc3)c2C)CC1. The van der Waals surface area contributed by atoms with Gasteiger partial charge in [0.2, 0.25) is 5.91 Å². The summed E-state index contributed by atoms with van der Waals surface area (Å²) < 4.78 is 2.80. The summed E-state index contributed by atoms with van der Waals surface area (Å²) in [5, 5.41) is 7.27. The molecule has 2 heterocycles. The van der Waals surface area contributed by atoms with Gasteiger partial charge in [-0.3, -0.25) is 9.59 Å². The number of carbonyl (C=O) groups excluding carboxylic acids is 2. The average molecular weight is 419 g/mol. The predicted octanol–water partition coefficient (Wildman–Crippen LogP) is 2.93. The zero-order valence-corrected chi connectivity index (χ0v) is 16.6. The Morgan fingerprint density at radius 2 is 1.88 bits per heavy atom. The Morgan fingerprint density at radius 1 is 1.23 bits per heavy atom. The topological polar surface area (TPSA) is 67.2 Å². The predicted molar refractivity (Wildman–Crippen MR) is 103 cm³/mol. The van der Waals surface area contributed by atoms with Gasteiger partial charge in [-0.25, -0.2) is 4.68 Å². The van der Waals surface area contributed by atoms with Gasteiger partial charge in [0.15, 0.2) is 0 Å². The Hall–Kier alpha value is -2.15. The first-order valence-corrected chi connectivity index (χ1v) is 9.59. The maximum atomic E-state index is 12.9. The third-order valence-electron chi connectivity index (χ3n) is 4.85. The van der Waals surface area contributed by atoms with Crippen LogP contribution in [0.15, 0.2) is 34.9 Å². The molecule has 1 N–H and O–H groups in total. The lowest BCUT2D eigenvalue weighted by Gasteiger charge is -2.32. The van der Waals surface area contributed by atoms with Crippen LogP contribution < -0.4 is 5.32 Å². The van der Waals surface area contributed by atoms with E-state index < -0.39 is 0 Å². The molecule has 7 heteroatoms. The van der Waals surface area contributed by atoms with Gasteiger partial charge in [0.1, 0.15) is 0 Å². The van der Waals surface area contributed by atoms with Crippen molar-refractivity contribution in [2.75, 3.05) is 19.6 Å². The smallest absolute Gasteiger partial charge is 0.257 e. The molecule has 138 valence electrons. The molecule has 0 spiro atoms. The fourth-order valence-electron chi connectivity index (χ4n) is 3.26. The van der Waals surface area contributed by atoms with Crippen molar-refractivity contribution in [3.8, 4) is 5.69 Å². The molecule has 6 nitrogen and oxygen atoms in total. The molecule has 0 saturated carbocycles. The van der Waals surface area contributed by atoms with E-state index in [1.165, 1.54) is 6.92 Å². The fraction of sp³-hybridized carbons (Fsp3) is 0.421. The number of carbonyl (C=O) groups is 2. The number of nitrogens with one attached hydrogen (secondary N) is 1. The summed E-state index contributed by atoms with van der Waals surface area (Å²) in [6.45, 7) is 5.58. The third kappa shape index (κ3) is 4.15. The molecule has 1 aromatic carbocycles. The molecule has 0 radical (unpaired) electrons. The normalized spacial score (nSPS) is 15.1. The van der Waals surface area contributed by atoms with Gasteiger partial charge in [0.25, 0.3) is 5.91 Å². The second-order valence-electron chi connectivity index (χ2n) is 6.70. The summed E-state index contributed by atoms with van der Waals surface area (Å²) in [7, 11) is 0. The lowest BCUT2D eigenvalue weighted by molar-refractivity contribution is -0.119. The molecule has 1 aliphatic heterocycles. The minimum atomic E-state index is -0.000475. The summed E-state index contributed by atoms with van der Waals surface area (Å²) in [5.74, 6) is 0.470. The zero-order valence-electron chi connectivity index (χ0n) is 15.0. The zero-order chi connectivity index (χ0) is 18.7. The van der Waals surface area contributed by atoms with E-state index in [0.29, 0.717) is 31.1 Å². The van der Waals surface area contributed by atoms with Gasteiger partial charge in [-0.05, 0) is 49.9 Å². The number of aromatic nitrogens is 2. The van der Waals surface area contributed by atoms with Gasteiger partial charge >= 0.3 is 0 Å². The summed E-state index contributed by atoms with van der Waals surface area (Å²) in [6.07, 6.45) is 3.47. The number of halogens is 1. The van der Waals surface area contributed by atoms with Crippen LogP contribution in [0.2, 0.25) is 0 Å². The molecule has 1 aromatic heterocycles. The van der Waals surface area contributed by atoms with Gasteiger partial charge in [0.05, 0.1) is 23.1 Å². The highest BCUT2D eigenvalue weighted by Gasteiger charge is 2.26. The van der Waals surface area contributed by atoms with Gasteiger partial charge in [-0.15, -0.1) is 0 Å². The Balaban J connectivity index is 1.66. The molecule has 3 rings (SSSR count). The van der Waals surface area contributed by atoms with Crippen molar-refractivity contribution < 1.29 is 9.59 Å². The molecule has 0 unspecified atom stereocenters. The Kier molecular flexibility index (Phi) is 5.76. The van der Waals surface area contributed by atoms with E-state index in [0.717, 1.165) is 28.7 Å². The van der Waals surface area contributed by atoms with Gasteiger partial charge in [-0.1, -0.05) is 15.9 Å². The van der Waals surface area contributed by atoms with Crippen molar-refractivity contribution in [2.45, 2.75) is 26.7 Å². The number of nitrogens with zero attached hydrogens (tertiary/aromatic N) is 3. The van der Waals surface area contributed by atoms with Crippen LogP contribution >= 0.6 is 15.9 Å². The third-order valence-corrected chi connectivity index (χ3v) is 5.38. The van der Waals surface area contributed by atoms with Crippen LogP contribution in [-0.2, 0) is 4.79 Å². The lowest BCUT2D eigenvalue weighted by atomic mass is 9.96. The minimum Gasteiger partial charge on any atom is -0.356 e. The molecule has 1 saturated heterocycles. The van der Waals surface area contributed by atoms with Crippen molar-refractivity contribution in [1.82, 2.24) is 20.0 Å². The molecule has 26 heavy (non-hydrogen) atoms. The number of likely N-dealkylation sites (tertiary alicyclic amines) is 1. The maximum Gasteiger partial charge on any atom is 0.257 e. The molecular weight excluding hydrogens is 396 g/mol. The van der Waals surface area contributed by atoms with Crippen molar-refractivity contribution in [3.63, 3.8) is 0 Å². The molecule has 2 amide bonds. The van der Waals surface area contributed by atoms with E-state index in [1.54, 1.807) is 10.9 Å². The van der Waals surface area contributed by atoms with E-state index in [-0.39, 0.29) is 11.8 Å². The number of benzene rings is 1. The van der Waals surface area contributed by atoms with Crippen molar-refractivity contribution in [1.29, 1.82) is 0 Å². The highest BCUT2D eigenvalue weighted by atomic mass is 79.9. The van der Waals surface area contributed by atoms with Crippen LogP contribution in [0.25, 0.3) is 5.69 Å². The summed E-state index contributed by atoms with van der Waals surface area (Å²) >= 11 is 3.43. The number of amides is 2. The van der Waals surface area contributed by atoms with E-state index in [1.807, 2.05) is 36.1 Å². The molecule has 0 atom stereocenters. The van der Waals surface area contributed by atoms with Crippen molar-refractivity contribution in [2.24, 2.45) is 5.92 Å². The lowest BCUT2D eigenvalue weighted by Crippen LogP contribution is -2.41. The first-order valence-electron chi connectivity index (χ1n) is 8.80. The summed E-state index contributed by atoms with van der Waals surface area (Å²) in [6, 6.07) is 7.84. The van der Waals surface area contributed by atoms with E-state index in [2.05, 4.69) is 26.3 Å². The number of rotatable bonds is 4. The van der Waals surface area contributed by atoms with Crippen LogP contribution in [0.3, 0.4) is 0 Å². The van der Waals surface area contributed by atoms with Crippen LogP contribution in [0.4, 0.5) is 0 Å². The van der Waals surface area contributed by atoms with Crippen molar-refractivity contribution >= 4 is 27.7 Å². The highest BCUT2D eigenvalue weighted by molar-refractivity contribution is 9.10. The Morgan fingerprint density at radius 3 is 2.50 bits per heavy atom. The van der Waals surface area contributed by atoms with Crippen molar-refractivity contribution in [3.05, 3.63) is 46.2 Å². The average Bonchev–Trinajstić information content (AvgIpc) is 3.02. The van der Waals surface area contributed by atoms with E-state index in [9.17, 15) is 9.59 Å². The van der Waals surface area contributed by atoms with Gasteiger partial charge < -0.3 is 10.2 Å². The van der Waals surface area contributed by atoms with Crippen LogP contribution in [0, 0.1) is 12.8 Å². The first kappa shape index (κ1) is 18.6. The van der Waals surface area contributed by atoms with Gasteiger partial charge in [0, 0.05) is 31.0 Å². The molecule has 0 aliphatic carbocycles. The molecule has 0 bridgehead atoms. The standard InChI is InChI=1S/C19H23BrN4O2/c1-13-18(12-22-24(13)17-5-3-16(20)4-6-17)19(26)23-9-7-15(8-10-23)11-21-14(2)25/h3-6,12,15H,7-11H2,1-2H3,(H,21,25). The van der Waals surface area contributed by atoms with E-state index in [4.69, 9.17) is 0 Å². The fourth-order valence-corrected chi connectivity index (χ4v) is 3.53. The highest BCUT2D eigenvalue weighted by Crippen LogP contribution is 2.22. The number of piperidine rings is 1. The Labute approximate surface area is 161 Å². The van der Waals surface area contributed by atoms with Crippen LogP contribution in [-0.4, -0.2) is 46.1 Å². The largest absolute Gasteiger partial charge is 0.356 e.